The van der Waals surface area contributed by atoms with E-state index in [4.69, 9.17) is 0 Å². The van der Waals surface area contributed by atoms with Gasteiger partial charge in [0.2, 0.25) is 0 Å². The molecule has 0 fully saturated rings. The van der Waals surface area contributed by atoms with Crippen molar-refractivity contribution in [3.63, 3.8) is 0 Å². The highest BCUT2D eigenvalue weighted by atomic mass is 79.9. The van der Waals surface area contributed by atoms with Crippen molar-refractivity contribution in [2.24, 2.45) is 0 Å². The average Bonchev–Trinajstić information content (AvgIpc) is 1.86. The number of nitrogens with zero attached hydrogens (tertiary/aromatic N) is 1. The third-order valence-electron chi connectivity index (χ3n) is 1.41. The van der Waals surface area contributed by atoms with Crippen LogP contribution in [0.15, 0.2) is 22.9 Å². The third kappa shape index (κ3) is 3.09. The normalized spacial score (nSPS) is 10.7. The second-order valence-corrected chi connectivity index (χ2v) is 3.87. The van der Waals surface area contributed by atoms with Crippen molar-refractivity contribution in [3.05, 3.63) is 28.5 Å². The van der Waals surface area contributed by atoms with E-state index in [1.165, 1.54) is 0 Å². The summed E-state index contributed by atoms with van der Waals surface area (Å²) in [5.74, 6) is 0. The monoisotopic (exact) mass is 251 g/mol. The van der Waals surface area contributed by atoms with Gasteiger partial charge in [-0.2, -0.15) is 0 Å². The van der Waals surface area contributed by atoms with Gasteiger partial charge in [-0.1, -0.05) is 0 Å². The number of halogens is 2. The van der Waals surface area contributed by atoms with Crippen LogP contribution in [0.3, 0.4) is 0 Å². The first-order valence-corrected chi connectivity index (χ1v) is 4.13. The lowest BCUT2D eigenvalue weighted by atomic mass is 10.0. The van der Waals surface area contributed by atoms with E-state index in [9.17, 15) is 5.11 Å². The minimum Gasteiger partial charge on any atom is -0.386 e. The van der Waals surface area contributed by atoms with Crippen LogP contribution in [0.5, 0.6) is 0 Å². The number of aliphatic hydroxyl groups is 1. The van der Waals surface area contributed by atoms with Gasteiger partial charge in [0.1, 0.15) is 0 Å². The lowest BCUT2D eigenvalue weighted by molar-refractivity contribution is 0.0781. The van der Waals surface area contributed by atoms with Crippen LogP contribution in [0.1, 0.15) is 19.4 Å². The number of rotatable bonds is 1. The molecule has 1 aromatic rings. The van der Waals surface area contributed by atoms with E-state index in [2.05, 4.69) is 20.9 Å². The Balaban J connectivity index is 0.00000121. The molecule has 0 unspecified atom stereocenters. The van der Waals surface area contributed by atoms with Crippen LogP contribution >= 0.6 is 28.3 Å². The molecule has 1 aromatic heterocycles. The summed E-state index contributed by atoms with van der Waals surface area (Å²) in [7, 11) is 0. The van der Waals surface area contributed by atoms with Crippen molar-refractivity contribution in [2.45, 2.75) is 19.4 Å². The van der Waals surface area contributed by atoms with E-state index in [1.54, 1.807) is 26.2 Å². The molecule has 0 saturated heterocycles. The zero-order valence-electron chi connectivity index (χ0n) is 6.91. The van der Waals surface area contributed by atoms with E-state index in [0.717, 1.165) is 10.0 Å². The van der Waals surface area contributed by atoms with Crippen molar-refractivity contribution < 1.29 is 5.11 Å². The Morgan fingerprint density at radius 1 is 1.42 bits per heavy atom. The molecule has 0 spiro atoms. The van der Waals surface area contributed by atoms with Crippen molar-refractivity contribution in [1.29, 1.82) is 0 Å². The van der Waals surface area contributed by atoms with Crippen LogP contribution < -0.4 is 0 Å². The molecule has 68 valence electrons. The minimum atomic E-state index is -0.809. The number of aromatic nitrogens is 1. The minimum absolute atomic E-state index is 0. The first-order chi connectivity index (χ1) is 5.00. The maximum atomic E-state index is 9.55. The van der Waals surface area contributed by atoms with Gasteiger partial charge < -0.3 is 5.11 Å². The summed E-state index contributed by atoms with van der Waals surface area (Å²) in [6, 6.07) is 1.85. The van der Waals surface area contributed by atoms with E-state index in [-0.39, 0.29) is 12.4 Å². The molecular weight excluding hydrogens is 241 g/mol. The van der Waals surface area contributed by atoms with E-state index < -0.39 is 5.60 Å². The Bertz CT molecular complexity index is 259. The molecule has 12 heavy (non-hydrogen) atoms. The van der Waals surface area contributed by atoms with Gasteiger partial charge in [0.15, 0.2) is 0 Å². The summed E-state index contributed by atoms with van der Waals surface area (Å²) >= 11 is 3.28. The summed E-state index contributed by atoms with van der Waals surface area (Å²) in [5, 5.41) is 9.55. The topological polar surface area (TPSA) is 33.1 Å². The summed E-state index contributed by atoms with van der Waals surface area (Å²) < 4.78 is 0.886. The Hall–Kier alpha value is -0.120. The smallest absolute Gasteiger partial charge is 0.0855 e. The van der Waals surface area contributed by atoms with Gasteiger partial charge in [-0.3, -0.25) is 4.98 Å². The first-order valence-electron chi connectivity index (χ1n) is 3.33. The summed E-state index contributed by atoms with van der Waals surface area (Å²) in [5.41, 5.74) is 0.00317. The molecule has 4 heteroatoms. The maximum Gasteiger partial charge on any atom is 0.0855 e. The second-order valence-electron chi connectivity index (χ2n) is 2.95. The molecule has 0 aliphatic carbocycles. The van der Waals surface area contributed by atoms with Gasteiger partial charge in [-0.15, -0.1) is 12.4 Å². The SMILES string of the molecule is CC(C)(O)c1cncc(Br)c1.Cl. The van der Waals surface area contributed by atoms with Gasteiger partial charge in [0.25, 0.3) is 0 Å². The first kappa shape index (κ1) is 11.9. The lowest BCUT2D eigenvalue weighted by Crippen LogP contribution is -2.15. The van der Waals surface area contributed by atoms with Crippen LogP contribution in [0.2, 0.25) is 0 Å². The number of hydrogen-bond acceptors (Lipinski definition) is 2. The molecule has 0 radical (unpaired) electrons. The van der Waals surface area contributed by atoms with Crippen LogP contribution in [0.25, 0.3) is 0 Å². The lowest BCUT2D eigenvalue weighted by Gasteiger charge is -2.16. The molecule has 0 aliphatic heterocycles. The molecule has 0 aromatic carbocycles. The summed E-state index contributed by atoms with van der Waals surface area (Å²) in [6.07, 6.45) is 3.35. The van der Waals surface area contributed by atoms with Gasteiger partial charge in [0, 0.05) is 22.4 Å². The van der Waals surface area contributed by atoms with Crippen LogP contribution in [0.4, 0.5) is 0 Å². The maximum absolute atomic E-state index is 9.55. The fourth-order valence-electron chi connectivity index (χ4n) is 0.746. The zero-order chi connectivity index (χ0) is 8.48. The average molecular weight is 253 g/mol. The molecule has 0 aliphatic rings. The van der Waals surface area contributed by atoms with Crippen LogP contribution in [-0.2, 0) is 5.60 Å². The predicted molar refractivity (Wildman–Crippen MR) is 54.4 cm³/mol. The van der Waals surface area contributed by atoms with E-state index in [0.29, 0.717) is 0 Å². The van der Waals surface area contributed by atoms with Gasteiger partial charge in [-0.05, 0) is 35.8 Å². The summed E-state index contributed by atoms with van der Waals surface area (Å²) in [6.45, 7) is 3.47. The Morgan fingerprint density at radius 3 is 2.33 bits per heavy atom. The molecule has 0 saturated carbocycles. The largest absolute Gasteiger partial charge is 0.386 e. The molecule has 0 amide bonds. The highest BCUT2D eigenvalue weighted by Gasteiger charge is 2.15. The molecule has 2 nitrogen and oxygen atoms in total. The highest BCUT2D eigenvalue weighted by Crippen LogP contribution is 2.21. The van der Waals surface area contributed by atoms with Crippen molar-refractivity contribution >= 4 is 28.3 Å². The molecule has 1 N–H and O–H groups in total. The Kier molecular flexibility index (Phi) is 4.17. The molecule has 1 heterocycles. The molecule has 0 bridgehead atoms. The summed E-state index contributed by atoms with van der Waals surface area (Å²) in [4.78, 5) is 3.94. The van der Waals surface area contributed by atoms with Gasteiger partial charge in [-0.25, -0.2) is 0 Å². The Labute approximate surface area is 86.6 Å². The van der Waals surface area contributed by atoms with Crippen LogP contribution in [-0.4, -0.2) is 10.1 Å². The predicted octanol–water partition coefficient (Wildman–Crippen LogP) is 2.49. The van der Waals surface area contributed by atoms with Crippen molar-refractivity contribution in [1.82, 2.24) is 4.98 Å². The molecule has 0 atom stereocenters. The number of pyridine rings is 1. The number of hydrogen-bond donors (Lipinski definition) is 1. The fraction of sp³-hybridized carbons (Fsp3) is 0.375. The van der Waals surface area contributed by atoms with Crippen LogP contribution in [0, 0.1) is 0 Å². The van der Waals surface area contributed by atoms with Gasteiger partial charge >= 0.3 is 0 Å². The van der Waals surface area contributed by atoms with Crippen molar-refractivity contribution in [2.75, 3.05) is 0 Å². The zero-order valence-corrected chi connectivity index (χ0v) is 9.32. The quantitative estimate of drug-likeness (QED) is 0.833. The van der Waals surface area contributed by atoms with E-state index in [1.807, 2.05) is 6.07 Å². The molecule has 1 rings (SSSR count). The third-order valence-corrected chi connectivity index (χ3v) is 1.84. The highest BCUT2D eigenvalue weighted by molar-refractivity contribution is 9.10. The fourth-order valence-corrected chi connectivity index (χ4v) is 1.11. The van der Waals surface area contributed by atoms with Gasteiger partial charge in [0.05, 0.1) is 5.60 Å². The molecular formula is C8H11BrClNO. The van der Waals surface area contributed by atoms with Crippen molar-refractivity contribution in [3.8, 4) is 0 Å². The van der Waals surface area contributed by atoms with E-state index >= 15 is 0 Å². The Morgan fingerprint density at radius 2 is 2.00 bits per heavy atom. The second kappa shape index (κ2) is 4.21. The standard InChI is InChI=1S/C8H10BrNO.ClH/c1-8(2,11)6-3-7(9)5-10-4-6;/h3-5,11H,1-2H3;1H.